The lowest BCUT2D eigenvalue weighted by Crippen LogP contribution is -2.03. The molecule has 0 amide bonds. The molecule has 6 heteroatoms. The van der Waals surface area contributed by atoms with Crippen LogP contribution in [0.25, 0.3) is 0 Å². The lowest BCUT2D eigenvalue weighted by molar-refractivity contribution is 0.341. The van der Waals surface area contributed by atoms with Crippen molar-refractivity contribution in [2.75, 3.05) is 18.1 Å². The summed E-state index contributed by atoms with van der Waals surface area (Å²) in [5, 5.41) is 8.58. The summed E-state index contributed by atoms with van der Waals surface area (Å²) >= 11 is 1.58. The topological polar surface area (TPSA) is 66.0 Å². The highest BCUT2D eigenvalue weighted by molar-refractivity contribution is 7.99. The molecular weight excluding hydrogens is 248 g/mol. The molecule has 0 aliphatic heterocycles. The number of ether oxygens (including phenoxy) is 1. The summed E-state index contributed by atoms with van der Waals surface area (Å²) in [6.45, 7) is 2.66. The first-order valence-electron chi connectivity index (χ1n) is 5.64. The Hall–Kier alpha value is -1.69. The quantitative estimate of drug-likeness (QED) is 0.659. The van der Waals surface area contributed by atoms with Gasteiger partial charge in [0.2, 0.25) is 5.95 Å². The summed E-state index contributed by atoms with van der Waals surface area (Å²) in [6, 6.07) is 7.98. The number of nitrogen functional groups attached to an aromatic ring is 1. The summed E-state index contributed by atoms with van der Waals surface area (Å²) in [4.78, 5) is 0. The summed E-state index contributed by atoms with van der Waals surface area (Å²) in [7, 11) is 1.85. The molecule has 0 radical (unpaired) electrons. The molecule has 1 aromatic carbocycles. The van der Waals surface area contributed by atoms with Crippen LogP contribution in [0.15, 0.2) is 29.4 Å². The van der Waals surface area contributed by atoms with Crippen LogP contribution in [0.5, 0.6) is 5.75 Å². The van der Waals surface area contributed by atoms with Gasteiger partial charge in [-0.1, -0.05) is 30.0 Å². The van der Waals surface area contributed by atoms with E-state index in [2.05, 4.69) is 10.2 Å². The van der Waals surface area contributed by atoms with Crippen molar-refractivity contribution < 1.29 is 4.74 Å². The first-order valence-corrected chi connectivity index (χ1v) is 6.63. The van der Waals surface area contributed by atoms with Crippen LogP contribution < -0.4 is 10.5 Å². The van der Waals surface area contributed by atoms with E-state index in [1.54, 1.807) is 16.3 Å². The average Bonchev–Trinajstić information content (AvgIpc) is 2.68. The third-order valence-electron chi connectivity index (χ3n) is 2.53. The highest BCUT2D eigenvalue weighted by Gasteiger charge is 2.05. The number of anilines is 1. The van der Waals surface area contributed by atoms with Crippen molar-refractivity contribution in [2.45, 2.75) is 12.1 Å². The van der Waals surface area contributed by atoms with Crippen molar-refractivity contribution in [3.05, 3.63) is 29.8 Å². The van der Waals surface area contributed by atoms with Gasteiger partial charge >= 0.3 is 0 Å². The van der Waals surface area contributed by atoms with Crippen LogP contribution in [0.3, 0.4) is 0 Å². The number of hydrogen-bond donors (Lipinski definition) is 1. The van der Waals surface area contributed by atoms with Gasteiger partial charge in [-0.05, 0) is 18.6 Å². The largest absolute Gasteiger partial charge is 0.492 e. The van der Waals surface area contributed by atoms with Crippen molar-refractivity contribution in [3.63, 3.8) is 0 Å². The summed E-state index contributed by atoms with van der Waals surface area (Å²) in [5.74, 6) is 2.16. The van der Waals surface area contributed by atoms with Gasteiger partial charge in [0.1, 0.15) is 5.75 Å². The minimum absolute atomic E-state index is 0.428. The molecule has 0 saturated heterocycles. The smallest absolute Gasteiger partial charge is 0.222 e. The first kappa shape index (κ1) is 12.8. The SMILES string of the molecule is Cc1ccccc1OCCSc1nnc(N)n1C. The fraction of sp³-hybridized carbons (Fsp3) is 0.333. The molecule has 0 saturated carbocycles. The third kappa shape index (κ3) is 2.95. The number of aromatic nitrogens is 3. The predicted molar refractivity (Wildman–Crippen MR) is 72.8 cm³/mol. The average molecular weight is 264 g/mol. The summed E-state index contributed by atoms with van der Waals surface area (Å²) in [6.07, 6.45) is 0. The first-order chi connectivity index (χ1) is 8.68. The van der Waals surface area contributed by atoms with Gasteiger partial charge < -0.3 is 10.5 Å². The molecule has 18 heavy (non-hydrogen) atoms. The summed E-state index contributed by atoms with van der Waals surface area (Å²) < 4.78 is 7.46. The van der Waals surface area contributed by atoms with E-state index in [-0.39, 0.29) is 0 Å². The van der Waals surface area contributed by atoms with Gasteiger partial charge in [0.25, 0.3) is 0 Å². The van der Waals surface area contributed by atoms with E-state index in [0.29, 0.717) is 12.6 Å². The number of thioether (sulfide) groups is 1. The molecule has 0 fully saturated rings. The van der Waals surface area contributed by atoms with Crippen LogP contribution in [0.2, 0.25) is 0 Å². The summed E-state index contributed by atoms with van der Waals surface area (Å²) in [5.41, 5.74) is 6.74. The number of para-hydroxylation sites is 1. The Balaban J connectivity index is 1.80. The molecule has 2 rings (SSSR count). The van der Waals surface area contributed by atoms with Crippen molar-refractivity contribution in [3.8, 4) is 5.75 Å². The van der Waals surface area contributed by atoms with Crippen LogP contribution in [0, 0.1) is 6.92 Å². The van der Waals surface area contributed by atoms with Crippen molar-refractivity contribution in [1.29, 1.82) is 0 Å². The van der Waals surface area contributed by atoms with Crippen molar-refractivity contribution in [1.82, 2.24) is 14.8 Å². The Morgan fingerprint density at radius 3 is 2.78 bits per heavy atom. The standard InChI is InChI=1S/C12H16N4OS/c1-9-5-3-4-6-10(9)17-7-8-18-12-15-14-11(13)16(12)2/h3-6H,7-8H2,1-2H3,(H2,13,14). The second kappa shape index (κ2) is 5.77. The zero-order chi connectivity index (χ0) is 13.0. The Kier molecular flexibility index (Phi) is 4.09. The van der Waals surface area contributed by atoms with Crippen molar-refractivity contribution >= 4 is 17.7 Å². The Labute approximate surface area is 110 Å². The van der Waals surface area contributed by atoms with Gasteiger partial charge in [0.05, 0.1) is 6.61 Å². The zero-order valence-electron chi connectivity index (χ0n) is 10.5. The highest BCUT2D eigenvalue weighted by atomic mass is 32.2. The Morgan fingerprint density at radius 1 is 1.33 bits per heavy atom. The maximum Gasteiger partial charge on any atom is 0.222 e. The van der Waals surface area contributed by atoms with Gasteiger partial charge in [-0.2, -0.15) is 0 Å². The van der Waals surface area contributed by atoms with E-state index in [0.717, 1.165) is 22.2 Å². The van der Waals surface area contributed by atoms with Gasteiger partial charge in [0, 0.05) is 12.8 Å². The van der Waals surface area contributed by atoms with Crippen LogP contribution in [-0.2, 0) is 7.05 Å². The zero-order valence-corrected chi connectivity index (χ0v) is 11.3. The number of hydrogen-bond acceptors (Lipinski definition) is 5. The van der Waals surface area contributed by atoms with Gasteiger partial charge in [-0.3, -0.25) is 4.57 Å². The molecule has 1 aromatic heterocycles. The lowest BCUT2D eigenvalue weighted by Gasteiger charge is -2.08. The van der Waals surface area contributed by atoms with E-state index in [1.807, 2.05) is 38.2 Å². The number of benzene rings is 1. The fourth-order valence-corrected chi connectivity index (χ4v) is 2.19. The van der Waals surface area contributed by atoms with Crippen LogP contribution >= 0.6 is 11.8 Å². The minimum atomic E-state index is 0.428. The maximum atomic E-state index is 5.70. The van der Waals surface area contributed by atoms with E-state index >= 15 is 0 Å². The van der Waals surface area contributed by atoms with Crippen LogP contribution in [0.1, 0.15) is 5.56 Å². The van der Waals surface area contributed by atoms with Gasteiger partial charge in [0.15, 0.2) is 5.16 Å². The molecule has 0 aliphatic carbocycles. The predicted octanol–water partition coefficient (Wildman–Crippen LogP) is 1.88. The second-order valence-electron chi connectivity index (χ2n) is 3.86. The maximum absolute atomic E-state index is 5.70. The van der Waals surface area contributed by atoms with E-state index < -0.39 is 0 Å². The number of rotatable bonds is 5. The monoisotopic (exact) mass is 264 g/mol. The normalized spacial score (nSPS) is 10.6. The Bertz CT molecular complexity index is 527. The van der Waals surface area contributed by atoms with Crippen LogP contribution in [-0.4, -0.2) is 27.1 Å². The van der Waals surface area contributed by atoms with Crippen LogP contribution in [0.4, 0.5) is 5.95 Å². The molecule has 5 nitrogen and oxygen atoms in total. The fourth-order valence-electron chi connectivity index (χ4n) is 1.45. The van der Waals surface area contributed by atoms with E-state index in [4.69, 9.17) is 10.5 Å². The number of nitrogens with two attached hydrogens (primary N) is 1. The molecular formula is C12H16N4OS. The molecule has 0 atom stereocenters. The third-order valence-corrected chi connectivity index (χ3v) is 3.52. The Morgan fingerprint density at radius 2 is 2.11 bits per heavy atom. The molecule has 96 valence electrons. The molecule has 0 unspecified atom stereocenters. The molecule has 0 bridgehead atoms. The molecule has 0 aliphatic rings. The van der Waals surface area contributed by atoms with E-state index in [9.17, 15) is 0 Å². The second-order valence-corrected chi connectivity index (χ2v) is 4.92. The lowest BCUT2D eigenvalue weighted by atomic mass is 10.2. The molecule has 0 spiro atoms. The van der Waals surface area contributed by atoms with Crippen molar-refractivity contribution in [2.24, 2.45) is 7.05 Å². The molecule has 2 N–H and O–H groups in total. The molecule has 2 aromatic rings. The highest BCUT2D eigenvalue weighted by Crippen LogP contribution is 2.19. The van der Waals surface area contributed by atoms with Gasteiger partial charge in [-0.15, -0.1) is 10.2 Å². The number of aryl methyl sites for hydroxylation is 1. The number of nitrogens with zero attached hydrogens (tertiary/aromatic N) is 3. The van der Waals surface area contributed by atoms with E-state index in [1.165, 1.54) is 0 Å². The van der Waals surface area contributed by atoms with Gasteiger partial charge in [-0.25, -0.2) is 0 Å². The molecule has 1 heterocycles. The minimum Gasteiger partial charge on any atom is -0.492 e.